The third-order valence-corrected chi connectivity index (χ3v) is 3.33. The minimum atomic E-state index is -0.364. The van der Waals surface area contributed by atoms with Crippen molar-refractivity contribution in [3.63, 3.8) is 0 Å². The lowest BCUT2D eigenvalue weighted by Crippen LogP contribution is -2.04. The van der Waals surface area contributed by atoms with E-state index in [2.05, 4.69) is 17.0 Å². The number of hydrogen-bond acceptors (Lipinski definition) is 2. The topological polar surface area (TPSA) is 30.7 Å². The molecule has 0 aliphatic carbocycles. The van der Waals surface area contributed by atoms with Gasteiger partial charge in [0.05, 0.1) is 10.6 Å². The molecule has 1 aromatic carbocycles. The van der Waals surface area contributed by atoms with Gasteiger partial charge in [0.2, 0.25) is 0 Å². The minimum absolute atomic E-state index is 0.338. The summed E-state index contributed by atoms with van der Waals surface area (Å²) < 4.78 is 15.6. The lowest BCUT2D eigenvalue weighted by atomic mass is 10.1. The first-order chi connectivity index (χ1) is 8.65. The Morgan fingerprint density at radius 3 is 2.89 bits per heavy atom. The van der Waals surface area contributed by atoms with Crippen molar-refractivity contribution >= 4 is 11.6 Å². The number of nitrogens with zero attached hydrogens (tertiary/aromatic N) is 3. The summed E-state index contributed by atoms with van der Waals surface area (Å²) in [4.78, 5) is 4.13. The summed E-state index contributed by atoms with van der Waals surface area (Å²) in [5.41, 5.74) is 1.17. The number of benzene rings is 1. The number of aryl methyl sites for hydroxylation is 2. The van der Waals surface area contributed by atoms with Crippen molar-refractivity contribution in [1.82, 2.24) is 14.8 Å². The summed E-state index contributed by atoms with van der Waals surface area (Å²) in [7, 11) is 0. The molecule has 3 nitrogen and oxygen atoms in total. The van der Waals surface area contributed by atoms with Gasteiger partial charge in [0.1, 0.15) is 12.1 Å². The zero-order valence-electron chi connectivity index (χ0n) is 10.5. The van der Waals surface area contributed by atoms with Crippen molar-refractivity contribution in [2.75, 3.05) is 0 Å². The molecule has 1 heterocycles. The Kier molecular flexibility index (Phi) is 3.97. The van der Waals surface area contributed by atoms with Crippen LogP contribution in [0.4, 0.5) is 4.39 Å². The zero-order valence-corrected chi connectivity index (χ0v) is 11.2. The largest absolute Gasteiger partial charge is 0.246 e. The fraction of sp³-hybridized carbons (Fsp3) is 0.385. The van der Waals surface area contributed by atoms with Gasteiger partial charge in [0.15, 0.2) is 5.82 Å². The van der Waals surface area contributed by atoms with E-state index in [1.807, 2.05) is 6.92 Å². The summed E-state index contributed by atoms with van der Waals surface area (Å²) in [6.07, 6.45) is 3.45. The van der Waals surface area contributed by atoms with E-state index < -0.39 is 0 Å². The molecule has 0 aliphatic rings. The Labute approximate surface area is 111 Å². The molecule has 0 spiro atoms. The SMILES string of the molecule is CCCCn1ncnc1-c1c(F)ccc(C)c1Cl. The van der Waals surface area contributed by atoms with E-state index in [0.29, 0.717) is 16.4 Å². The summed E-state index contributed by atoms with van der Waals surface area (Å²) in [5, 5.41) is 4.53. The molecule has 0 saturated heterocycles. The van der Waals surface area contributed by atoms with Crippen LogP contribution < -0.4 is 0 Å². The number of rotatable bonds is 4. The van der Waals surface area contributed by atoms with Gasteiger partial charge in [0.25, 0.3) is 0 Å². The standard InChI is InChI=1S/C13H15ClFN3/c1-3-4-7-18-13(16-8-17-18)11-10(15)6-5-9(2)12(11)14/h5-6,8H,3-4,7H2,1-2H3. The number of unbranched alkanes of at least 4 members (excludes halogenated alkanes) is 1. The van der Waals surface area contributed by atoms with E-state index >= 15 is 0 Å². The number of hydrogen-bond donors (Lipinski definition) is 0. The monoisotopic (exact) mass is 267 g/mol. The lowest BCUT2D eigenvalue weighted by molar-refractivity contribution is 0.571. The number of aromatic nitrogens is 3. The van der Waals surface area contributed by atoms with E-state index in [1.165, 1.54) is 12.4 Å². The molecule has 0 radical (unpaired) electrons. The van der Waals surface area contributed by atoms with Gasteiger partial charge < -0.3 is 0 Å². The van der Waals surface area contributed by atoms with Crippen LogP contribution in [0.2, 0.25) is 5.02 Å². The maximum absolute atomic E-state index is 13.9. The molecule has 0 bridgehead atoms. The van der Waals surface area contributed by atoms with Crippen LogP contribution in [0.1, 0.15) is 25.3 Å². The van der Waals surface area contributed by atoms with Crippen LogP contribution in [-0.2, 0) is 6.54 Å². The first-order valence-corrected chi connectivity index (χ1v) is 6.35. The molecule has 96 valence electrons. The van der Waals surface area contributed by atoms with Crippen molar-refractivity contribution < 1.29 is 4.39 Å². The molecule has 0 amide bonds. The van der Waals surface area contributed by atoms with Gasteiger partial charge in [0, 0.05) is 6.54 Å². The van der Waals surface area contributed by atoms with E-state index in [1.54, 1.807) is 10.7 Å². The van der Waals surface area contributed by atoms with Gasteiger partial charge in [-0.3, -0.25) is 0 Å². The van der Waals surface area contributed by atoms with Crippen LogP contribution in [0, 0.1) is 12.7 Å². The first-order valence-electron chi connectivity index (χ1n) is 5.98. The molecule has 0 N–H and O–H groups in total. The van der Waals surface area contributed by atoms with Crippen molar-refractivity contribution in [3.05, 3.63) is 34.9 Å². The maximum Gasteiger partial charge on any atom is 0.162 e. The molecule has 0 aliphatic heterocycles. The summed E-state index contributed by atoms with van der Waals surface area (Å²) in [6.45, 7) is 4.66. The number of halogens is 2. The summed E-state index contributed by atoms with van der Waals surface area (Å²) in [5.74, 6) is 0.131. The van der Waals surface area contributed by atoms with E-state index in [4.69, 9.17) is 11.6 Å². The molecule has 5 heteroatoms. The van der Waals surface area contributed by atoms with Crippen molar-refractivity contribution in [1.29, 1.82) is 0 Å². The second-order valence-electron chi connectivity index (χ2n) is 4.21. The van der Waals surface area contributed by atoms with Gasteiger partial charge >= 0.3 is 0 Å². The van der Waals surface area contributed by atoms with Gasteiger partial charge in [-0.05, 0) is 25.0 Å². The van der Waals surface area contributed by atoms with Crippen LogP contribution >= 0.6 is 11.6 Å². The first kappa shape index (κ1) is 13.0. The van der Waals surface area contributed by atoms with E-state index in [9.17, 15) is 4.39 Å². The van der Waals surface area contributed by atoms with Crippen LogP contribution in [0.3, 0.4) is 0 Å². The third-order valence-electron chi connectivity index (χ3n) is 2.85. The van der Waals surface area contributed by atoms with Crippen LogP contribution in [0.15, 0.2) is 18.5 Å². The van der Waals surface area contributed by atoms with Gasteiger partial charge in [-0.15, -0.1) is 0 Å². The molecule has 0 fully saturated rings. The smallest absolute Gasteiger partial charge is 0.162 e. The van der Waals surface area contributed by atoms with Crippen molar-refractivity contribution in [2.24, 2.45) is 0 Å². The Balaban J connectivity index is 2.49. The second kappa shape index (κ2) is 5.48. The highest BCUT2D eigenvalue weighted by molar-refractivity contribution is 6.34. The van der Waals surface area contributed by atoms with Crippen molar-refractivity contribution in [2.45, 2.75) is 33.2 Å². The Morgan fingerprint density at radius 1 is 1.39 bits per heavy atom. The summed E-state index contributed by atoms with van der Waals surface area (Å²) in [6, 6.07) is 3.07. The Hall–Kier alpha value is -1.42. The molecule has 1 aromatic heterocycles. The van der Waals surface area contributed by atoms with Gasteiger partial charge in [-0.25, -0.2) is 14.1 Å². The third kappa shape index (κ3) is 2.38. The average Bonchev–Trinajstić information content (AvgIpc) is 2.80. The van der Waals surface area contributed by atoms with Crippen LogP contribution in [-0.4, -0.2) is 14.8 Å². The fourth-order valence-electron chi connectivity index (χ4n) is 1.79. The normalized spacial score (nSPS) is 10.9. The maximum atomic E-state index is 13.9. The predicted octanol–water partition coefficient (Wildman–Crippen LogP) is 3.85. The minimum Gasteiger partial charge on any atom is -0.246 e. The van der Waals surface area contributed by atoms with Crippen molar-refractivity contribution in [3.8, 4) is 11.4 Å². The fourth-order valence-corrected chi connectivity index (χ4v) is 2.03. The molecular formula is C13H15ClFN3. The zero-order chi connectivity index (χ0) is 13.1. The molecule has 2 aromatic rings. The summed E-state index contributed by atoms with van der Waals surface area (Å²) >= 11 is 6.17. The predicted molar refractivity (Wildman–Crippen MR) is 70.1 cm³/mol. The van der Waals surface area contributed by atoms with E-state index in [-0.39, 0.29) is 5.82 Å². The molecule has 0 saturated carbocycles. The highest BCUT2D eigenvalue weighted by atomic mass is 35.5. The van der Waals surface area contributed by atoms with Gasteiger partial charge in [-0.2, -0.15) is 5.10 Å². The second-order valence-corrected chi connectivity index (χ2v) is 4.59. The molecule has 0 unspecified atom stereocenters. The van der Waals surface area contributed by atoms with Gasteiger partial charge in [-0.1, -0.05) is 31.0 Å². The molecule has 2 rings (SSSR count). The van der Waals surface area contributed by atoms with Crippen LogP contribution in [0.5, 0.6) is 0 Å². The average molecular weight is 268 g/mol. The Bertz CT molecular complexity index is 551. The van der Waals surface area contributed by atoms with Crippen LogP contribution in [0.25, 0.3) is 11.4 Å². The Morgan fingerprint density at radius 2 is 2.17 bits per heavy atom. The molecular weight excluding hydrogens is 253 g/mol. The highest BCUT2D eigenvalue weighted by Crippen LogP contribution is 2.31. The van der Waals surface area contributed by atoms with E-state index in [0.717, 1.165) is 24.9 Å². The molecule has 0 atom stereocenters. The molecule has 18 heavy (non-hydrogen) atoms. The highest BCUT2D eigenvalue weighted by Gasteiger charge is 2.17. The quantitative estimate of drug-likeness (QED) is 0.842. The lowest BCUT2D eigenvalue weighted by Gasteiger charge is -2.09.